The molecular weight excluding hydrogens is 462 g/mol. The number of pyridine rings is 2. The number of imidazole rings is 1. The minimum Gasteiger partial charge on any atom is -0.492 e. The fourth-order valence-corrected chi connectivity index (χ4v) is 4.58. The molecule has 8 nitrogen and oxygen atoms in total. The summed E-state index contributed by atoms with van der Waals surface area (Å²) in [7, 11) is 1.91. The largest absolute Gasteiger partial charge is 0.492 e. The number of halogens is 1. The maximum atomic E-state index is 6.58. The van der Waals surface area contributed by atoms with Crippen LogP contribution in [0.2, 0.25) is 5.02 Å². The monoisotopic (exact) mass is 491 g/mol. The minimum atomic E-state index is 0.337. The zero-order chi connectivity index (χ0) is 24.0. The zero-order valence-corrected chi connectivity index (χ0v) is 20.6. The van der Waals surface area contributed by atoms with Gasteiger partial charge in [0.1, 0.15) is 23.7 Å². The van der Waals surface area contributed by atoms with Gasteiger partial charge in [0.05, 0.1) is 16.9 Å². The summed E-state index contributed by atoms with van der Waals surface area (Å²) in [4.78, 5) is 19.3. The van der Waals surface area contributed by atoms with Gasteiger partial charge < -0.3 is 20.4 Å². The number of nitrogens with zero attached hydrogens (tertiary/aromatic N) is 4. The number of benzene rings is 1. The van der Waals surface area contributed by atoms with Gasteiger partial charge in [0.15, 0.2) is 5.65 Å². The number of rotatable bonds is 9. The summed E-state index contributed by atoms with van der Waals surface area (Å²) in [6.45, 7) is 4.41. The Morgan fingerprint density at radius 2 is 1.97 bits per heavy atom. The molecule has 0 amide bonds. The summed E-state index contributed by atoms with van der Waals surface area (Å²) >= 11 is 6.58. The van der Waals surface area contributed by atoms with Crippen LogP contribution >= 0.6 is 11.6 Å². The van der Waals surface area contributed by atoms with E-state index in [1.165, 1.54) is 5.56 Å². The number of fused-ring (bicyclic) bond motifs is 1. The van der Waals surface area contributed by atoms with E-state index in [1.807, 2.05) is 49.8 Å². The number of aromatic amines is 1. The number of aromatic nitrogens is 4. The molecule has 9 heteroatoms. The molecule has 0 spiro atoms. The van der Waals surface area contributed by atoms with Gasteiger partial charge in [-0.15, -0.1) is 0 Å². The molecule has 1 fully saturated rings. The SMILES string of the molecule is CNCCOc1ccc(-c2nc3ncc(Cl)c(NC4CCN(Cc5cccnc5)CC4)c3[nH]2)cc1. The van der Waals surface area contributed by atoms with Crippen LogP contribution < -0.4 is 15.4 Å². The molecule has 0 unspecified atom stereocenters. The quantitative estimate of drug-likeness (QED) is 0.300. The smallest absolute Gasteiger partial charge is 0.180 e. The van der Waals surface area contributed by atoms with Crippen molar-refractivity contribution >= 4 is 28.5 Å². The highest BCUT2D eigenvalue weighted by Crippen LogP contribution is 2.32. The van der Waals surface area contributed by atoms with Crippen LogP contribution in [0.5, 0.6) is 5.75 Å². The fraction of sp³-hybridized carbons (Fsp3) is 0.346. The Morgan fingerprint density at radius 1 is 1.14 bits per heavy atom. The second-order valence-electron chi connectivity index (χ2n) is 8.80. The molecule has 35 heavy (non-hydrogen) atoms. The second kappa shape index (κ2) is 11.0. The third-order valence-electron chi connectivity index (χ3n) is 6.29. The molecule has 1 saturated heterocycles. The Balaban J connectivity index is 1.26. The van der Waals surface area contributed by atoms with Crippen LogP contribution in [-0.4, -0.2) is 64.2 Å². The van der Waals surface area contributed by atoms with Crippen LogP contribution in [0.15, 0.2) is 55.0 Å². The van der Waals surface area contributed by atoms with Gasteiger partial charge in [0, 0.05) is 50.2 Å². The lowest BCUT2D eigenvalue weighted by Gasteiger charge is -2.33. The Morgan fingerprint density at radius 3 is 2.71 bits per heavy atom. The summed E-state index contributed by atoms with van der Waals surface area (Å²) in [5.41, 5.74) is 4.57. The van der Waals surface area contributed by atoms with Crippen LogP contribution in [0.1, 0.15) is 18.4 Å². The molecule has 1 aliphatic rings. The lowest BCUT2D eigenvalue weighted by Crippen LogP contribution is -2.38. The zero-order valence-electron chi connectivity index (χ0n) is 19.8. The Bertz CT molecular complexity index is 1240. The van der Waals surface area contributed by atoms with Crippen LogP contribution in [0.4, 0.5) is 5.69 Å². The second-order valence-corrected chi connectivity index (χ2v) is 9.20. The topological polar surface area (TPSA) is 91.0 Å². The van der Waals surface area contributed by atoms with E-state index in [2.05, 4.69) is 36.6 Å². The Kier molecular flexibility index (Phi) is 7.42. The fourth-order valence-electron chi connectivity index (χ4n) is 4.38. The van der Waals surface area contributed by atoms with Gasteiger partial charge in [-0.05, 0) is 55.8 Å². The molecule has 4 heterocycles. The average Bonchev–Trinajstić information content (AvgIpc) is 3.33. The van der Waals surface area contributed by atoms with Crippen molar-refractivity contribution in [2.75, 3.05) is 38.6 Å². The molecule has 0 aliphatic carbocycles. The maximum absolute atomic E-state index is 6.58. The Hall–Kier alpha value is -3.20. The van der Waals surface area contributed by atoms with Crippen LogP contribution in [0.25, 0.3) is 22.6 Å². The van der Waals surface area contributed by atoms with Crippen LogP contribution in [0, 0.1) is 0 Å². The standard InChI is InChI=1S/C26H30ClN7O/c1-28-11-14-35-21-6-4-19(5-7-21)25-32-24-23(22(27)16-30-26(24)33-25)31-20-8-12-34(13-9-20)17-18-3-2-10-29-15-18/h2-7,10,15-16,20,28H,8-9,11-14,17H2,1H3,(H2,30,31,32,33). The molecule has 1 aromatic carbocycles. The van der Waals surface area contributed by atoms with Crippen molar-refractivity contribution in [1.82, 2.24) is 30.2 Å². The van der Waals surface area contributed by atoms with Gasteiger partial charge in [0.2, 0.25) is 0 Å². The third-order valence-corrected chi connectivity index (χ3v) is 6.57. The van der Waals surface area contributed by atoms with Gasteiger partial charge in [-0.25, -0.2) is 9.97 Å². The Labute approximate surface area is 210 Å². The maximum Gasteiger partial charge on any atom is 0.180 e. The molecule has 0 bridgehead atoms. The van der Waals surface area contributed by atoms with Gasteiger partial charge in [-0.3, -0.25) is 9.88 Å². The lowest BCUT2D eigenvalue weighted by atomic mass is 10.0. The molecule has 1 aliphatic heterocycles. The van der Waals surface area contributed by atoms with Crippen molar-refractivity contribution < 1.29 is 4.74 Å². The highest BCUT2D eigenvalue weighted by Gasteiger charge is 2.22. The first-order valence-electron chi connectivity index (χ1n) is 12.0. The molecule has 3 N–H and O–H groups in total. The first-order valence-corrected chi connectivity index (χ1v) is 12.4. The number of anilines is 1. The van der Waals surface area contributed by atoms with Crippen molar-refractivity contribution in [2.24, 2.45) is 0 Å². The number of likely N-dealkylation sites (N-methyl/N-ethyl adjacent to an activating group) is 1. The molecular formula is C26H30ClN7O. The minimum absolute atomic E-state index is 0.337. The highest BCUT2D eigenvalue weighted by atomic mass is 35.5. The predicted molar refractivity (Wildman–Crippen MR) is 140 cm³/mol. The predicted octanol–water partition coefficient (Wildman–Crippen LogP) is 4.35. The van der Waals surface area contributed by atoms with E-state index < -0.39 is 0 Å². The molecule has 0 radical (unpaired) electrons. The van der Waals surface area contributed by atoms with Crippen molar-refractivity contribution in [3.8, 4) is 17.1 Å². The first-order chi connectivity index (χ1) is 17.2. The summed E-state index contributed by atoms with van der Waals surface area (Å²) < 4.78 is 5.72. The van der Waals surface area contributed by atoms with Gasteiger partial charge in [-0.2, -0.15) is 0 Å². The number of nitrogens with one attached hydrogen (secondary N) is 3. The number of ether oxygens (including phenoxy) is 1. The number of likely N-dealkylation sites (tertiary alicyclic amines) is 1. The molecule has 4 aromatic rings. The van der Waals surface area contributed by atoms with Gasteiger partial charge in [-0.1, -0.05) is 17.7 Å². The van der Waals surface area contributed by atoms with E-state index in [0.717, 1.165) is 67.4 Å². The number of hydrogen-bond donors (Lipinski definition) is 3. The van der Waals surface area contributed by atoms with E-state index in [9.17, 15) is 0 Å². The normalized spacial score (nSPS) is 14.9. The van der Waals surface area contributed by atoms with E-state index >= 15 is 0 Å². The number of hydrogen-bond acceptors (Lipinski definition) is 7. The summed E-state index contributed by atoms with van der Waals surface area (Å²) in [5, 5.41) is 7.34. The van der Waals surface area contributed by atoms with Crippen LogP contribution in [0.3, 0.4) is 0 Å². The third kappa shape index (κ3) is 5.73. The van der Waals surface area contributed by atoms with E-state index in [1.54, 1.807) is 6.20 Å². The molecule has 3 aromatic heterocycles. The molecule has 182 valence electrons. The summed E-state index contributed by atoms with van der Waals surface area (Å²) in [6.07, 6.45) is 7.51. The molecule has 5 rings (SSSR count). The van der Waals surface area contributed by atoms with Crippen molar-refractivity contribution in [3.05, 3.63) is 65.6 Å². The average molecular weight is 492 g/mol. The summed E-state index contributed by atoms with van der Waals surface area (Å²) in [5.74, 6) is 1.59. The highest BCUT2D eigenvalue weighted by molar-refractivity contribution is 6.34. The lowest BCUT2D eigenvalue weighted by molar-refractivity contribution is 0.211. The summed E-state index contributed by atoms with van der Waals surface area (Å²) in [6, 6.07) is 12.4. The first kappa shape index (κ1) is 23.5. The van der Waals surface area contributed by atoms with Gasteiger partial charge >= 0.3 is 0 Å². The molecule has 0 atom stereocenters. The molecule has 0 saturated carbocycles. The number of piperidine rings is 1. The van der Waals surface area contributed by atoms with Crippen molar-refractivity contribution in [2.45, 2.75) is 25.4 Å². The van der Waals surface area contributed by atoms with E-state index in [4.69, 9.17) is 21.3 Å². The number of H-pyrrole nitrogens is 1. The van der Waals surface area contributed by atoms with E-state index in [0.29, 0.717) is 23.3 Å². The van der Waals surface area contributed by atoms with Gasteiger partial charge in [0.25, 0.3) is 0 Å². The van der Waals surface area contributed by atoms with Crippen LogP contribution in [-0.2, 0) is 6.54 Å². The van der Waals surface area contributed by atoms with Crippen molar-refractivity contribution in [3.63, 3.8) is 0 Å². The van der Waals surface area contributed by atoms with E-state index in [-0.39, 0.29) is 0 Å². The van der Waals surface area contributed by atoms with Crippen molar-refractivity contribution in [1.29, 1.82) is 0 Å².